The second-order valence-electron chi connectivity index (χ2n) is 3.44. The van der Waals surface area contributed by atoms with Gasteiger partial charge in [-0.3, -0.25) is 0 Å². The van der Waals surface area contributed by atoms with Crippen molar-refractivity contribution in [3.8, 4) is 0 Å². The van der Waals surface area contributed by atoms with Crippen LogP contribution in [0.3, 0.4) is 0 Å². The van der Waals surface area contributed by atoms with Crippen LogP contribution in [0, 0.1) is 5.92 Å². The molecule has 0 radical (unpaired) electrons. The maximum absolute atomic E-state index is 5.51. The Labute approximate surface area is 77.5 Å². The highest BCUT2D eigenvalue weighted by molar-refractivity contribution is 4.53. The molecule has 0 amide bonds. The molecule has 0 aliphatic carbocycles. The largest absolute Gasteiger partial charge is 0.381 e. The minimum absolute atomic E-state index is 0.881. The van der Waals surface area contributed by atoms with Crippen LogP contribution in [0.4, 0.5) is 0 Å². The van der Waals surface area contributed by atoms with Crippen LogP contribution in [0.1, 0.15) is 52.9 Å². The molecule has 0 saturated heterocycles. The number of rotatable bonds is 8. The topological polar surface area (TPSA) is 9.23 Å². The van der Waals surface area contributed by atoms with E-state index in [9.17, 15) is 0 Å². The molecule has 0 spiro atoms. The first-order valence-electron chi connectivity index (χ1n) is 5.42. The summed E-state index contributed by atoms with van der Waals surface area (Å²) in [7, 11) is 0. The van der Waals surface area contributed by atoms with Crippen molar-refractivity contribution in [1.82, 2.24) is 0 Å². The van der Waals surface area contributed by atoms with Crippen molar-refractivity contribution in [2.75, 3.05) is 13.2 Å². The summed E-state index contributed by atoms with van der Waals surface area (Å²) in [6.07, 6.45) is 6.30. The molecular formula is C11H24O. The quantitative estimate of drug-likeness (QED) is 0.508. The minimum Gasteiger partial charge on any atom is -0.381 e. The summed E-state index contributed by atoms with van der Waals surface area (Å²) in [6, 6.07) is 0. The second kappa shape index (κ2) is 9.05. The zero-order valence-electron chi connectivity index (χ0n) is 8.94. The molecule has 0 unspecified atom stereocenters. The number of hydrogen-bond donors (Lipinski definition) is 0. The molecule has 74 valence electrons. The molecule has 0 aliphatic heterocycles. The first kappa shape index (κ1) is 12.0. The molecule has 0 fully saturated rings. The lowest BCUT2D eigenvalue weighted by atomic mass is 10.0. The van der Waals surface area contributed by atoms with Gasteiger partial charge in [0.1, 0.15) is 0 Å². The van der Waals surface area contributed by atoms with Gasteiger partial charge in [0.15, 0.2) is 0 Å². The Bertz CT molecular complexity index is 77.1. The predicted molar refractivity (Wildman–Crippen MR) is 54.4 cm³/mol. The first-order valence-corrected chi connectivity index (χ1v) is 5.42. The maximum atomic E-state index is 5.51. The van der Waals surface area contributed by atoms with E-state index in [0.29, 0.717) is 0 Å². The zero-order valence-corrected chi connectivity index (χ0v) is 8.94. The summed E-state index contributed by atoms with van der Waals surface area (Å²) in [6.45, 7) is 8.65. The molecule has 0 aliphatic rings. The average Bonchev–Trinajstić information content (AvgIpc) is 2.11. The van der Waals surface area contributed by atoms with Crippen molar-refractivity contribution in [3.05, 3.63) is 0 Å². The zero-order chi connectivity index (χ0) is 9.23. The van der Waals surface area contributed by atoms with Crippen molar-refractivity contribution in [3.63, 3.8) is 0 Å². The highest BCUT2D eigenvalue weighted by Gasteiger charge is 2.01. The molecule has 0 rings (SSSR count). The summed E-state index contributed by atoms with van der Waals surface area (Å²) in [4.78, 5) is 0. The Morgan fingerprint density at radius 2 is 1.67 bits per heavy atom. The molecule has 0 aromatic rings. The summed E-state index contributed by atoms with van der Waals surface area (Å²) < 4.78 is 5.51. The molecular weight excluding hydrogens is 148 g/mol. The van der Waals surface area contributed by atoms with Crippen molar-refractivity contribution < 1.29 is 4.74 Å². The Hall–Kier alpha value is -0.0400. The van der Waals surface area contributed by atoms with Gasteiger partial charge in [0.05, 0.1) is 0 Å². The Kier molecular flexibility index (Phi) is 9.02. The molecule has 0 aromatic carbocycles. The Morgan fingerprint density at radius 1 is 1.00 bits per heavy atom. The van der Waals surface area contributed by atoms with E-state index >= 15 is 0 Å². The highest BCUT2D eigenvalue weighted by atomic mass is 16.5. The Balaban J connectivity index is 3.06. The van der Waals surface area contributed by atoms with Crippen molar-refractivity contribution in [1.29, 1.82) is 0 Å². The second-order valence-corrected chi connectivity index (χ2v) is 3.44. The maximum Gasteiger partial charge on any atom is 0.0468 e. The molecule has 0 saturated carbocycles. The van der Waals surface area contributed by atoms with E-state index in [1.54, 1.807) is 0 Å². The molecule has 1 nitrogen and oxygen atoms in total. The lowest BCUT2D eigenvalue weighted by Crippen LogP contribution is -2.04. The first-order chi connectivity index (χ1) is 5.85. The molecule has 12 heavy (non-hydrogen) atoms. The van der Waals surface area contributed by atoms with Gasteiger partial charge in [0.25, 0.3) is 0 Å². The van der Waals surface area contributed by atoms with Gasteiger partial charge in [0.2, 0.25) is 0 Å². The number of hydrogen-bond acceptors (Lipinski definition) is 1. The van der Waals surface area contributed by atoms with Crippen LogP contribution in [0.2, 0.25) is 0 Å². The van der Waals surface area contributed by atoms with Gasteiger partial charge in [0, 0.05) is 13.2 Å². The number of ether oxygens (including phenoxy) is 1. The third kappa shape index (κ3) is 6.66. The Morgan fingerprint density at radius 3 is 2.17 bits per heavy atom. The van der Waals surface area contributed by atoms with Crippen LogP contribution >= 0.6 is 0 Å². The van der Waals surface area contributed by atoms with Crippen molar-refractivity contribution in [2.24, 2.45) is 5.92 Å². The lowest BCUT2D eigenvalue weighted by molar-refractivity contribution is 0.116. The van der Waals surface area contributed by atoms with Crippen LogP contribution in [0.5, 0.6) is 0 Å². The van der Waals surface area contributed by atoms with Gasteiger partial charge >= 0.3 is 0 Å². The average molecular weight is 172 g/mol. The van der Waals surface area contributed by atoms with E-state index in [1.165, 1.54) is 32.1 Å². The normalized spacial score (nSPS) is 11.0. The van der Waals surface area contributed by atoms with Crippen LogP contribution in [0.15, 0.2) is 0 Å². The summed E-state index contributed by atoms with van der Waals surface area (Å²) in [5.41, 5.74) is 0. The molecule has 0 atom stereocenters. The van der Waals surface area contributed by atoms with Crippen LogP contribution in [-0.4, -0.2) is 13.2 Å². The smallest absolute Gasteiger partial charge is 0.0468 e. The summed E-state index contributed by atoms with van der Waals surface area (Å²) >= 11 is 0. The van der Waals surface area contributed by atoms with E-state index in [0.717, 1.165) is 19.1 Å². The summed E-state index contributed by atoms with van der Waals surface area (Å²) in [5.74, 6) is 0.881. The molecule has 0 aromatic heterocycles. The standard InChI is InChI=1S/C11H24O/c1-4-7-9-12-10-8-11(5-2)6-3/h11H,4-10H2,1-3H3. The van der Waals surface area contributed by atoms with E-state index < -0.39 is 0 Å². The van der Waals surface area contributed by atoms with Crippen LogP contribution in [0.25, 0.3) is 0 Å². The van der Waals surface area contributed by atoms with E-state index in [2.05, 4.69) is 20.8 Å². The fourth-order valence-electron chi connectivity index (χ4n) is 1.30. The van der Waals surface area contributed by atoms with E-state index in [-0.39, 0.29) is 0 Å². The van der Waals surface area contributed by atoms with E-state index in [4.69, 9.17) is 4.74 Å². The SMILES string of the molecule is CCCCOCCC(CC)CC. The molecule has 0 bridgehead atoms. The fourth-order valence-corrected chi connectivity index (χ4v) is 1.30. The minimum atomic E-state index is 0.881. The monoisotopic (exact) mass is 172 g/mol. The number of unbranched alkanes of at least 4 members (excludes halogenated alkanes) is 1. The van der Waals surface area contributed by atoms with Crippen molar-refractivity contribution >= 4 is 0 Å². The van der Waals surface area contributed by atoms with Gasteiger partial charge in [-0.25, -0.2) is 0 Å². The third-order valence-corrected chi connectivity index (χ3v) is 2.47. The van der Waals surface area contributed by atoms with Gasteiger partial charge in [-0.05, 0) is 18.8 Å². The highest BCUT2D eigenvalue weighted by Crippen LogP contribution is 2.11. The van der Waals surface area contributed by atoms with E-state index in [1.807, 2.05) is 0 Å². The van der Waals surface area contributed by atoms with Crippen molar-refractivity contribution in [2.45, 2.75) is 52.9 Å². The third-order valence-electron chi connectivity index (χ3n) is 2.47. The fraction of sp³-hybridized carbons (Fsp3) is 1.00. The van der Waals surface area contributed by atoms with Gasteiger partial charge in [-0.1, -0.05) is 40.0 Å². The van der Waals surface area contributed by atoms with Gasteiger partial charge < -0.3 is 4.74 Å². The van der Waals surface area contributed by atoms with Gasteiger partial charge in [-0.15, -0.1) is 0 Å². The van der Waals surface area contributed by atoms with Crippen LogP contribution in [-0.2, 0) is 4.74 Å². The molecule has 0 heterocycles. The molecule has 0 N–H and O–H groups in total. The molecule has 1 heteroatoms. The lowest BCUT2D eigenvalue weighted by Gasteiger charge is -2.11. The van der Waals surface area contributed by atoms with Gasteiger partial charge in [-0.2, -0.15) is 0 Å². The predicted octanol–water partition coefficient (Wildman–Crippen LogP) is 3.63. The summed E-state index contributed by atoms with van der Waals surface area (Å²) in [5, 5.41) is 0. The van der Waals surface area contributed by atoms with Crippen LogP contribution < -0.4 is 0 Å².